The van der Waals surface area contributed by atoms with Crippen molar-refractivity contribution in [3.05, 3.63) is 72.9 Å². The van der Waals surface area contributed by atoms with Crippen molar-refractivity contribution in [3.63, 3.8) is 0 Å². The molecule has 0 bridgehead atoms. The summed E-state index contributed by atoms with van der Waals surface area (Å²) in [5, 5.41) is 23.2. The van der Waals surface area contributed by atoms with Crippen LogP contribution in [-0.2, 0) is 4.79 Å². The van der Waals surface area contributed by atoms with Crippen molar-refractivity contribution in [2.24, 2.45) is 0 Å². The normalized spacial score (nSPS) is 13.4. The van der Waals surface area contributed by atoms with E-state index in [9.17, 15) is 15.0 Å². The van der Waals surface area contributed by atoms with Crippen LogP contribution in [0.1, 0.15) is 290 Å². The molecule has 0 aromatic carbocycles. The van der Waals surface area contributed by atoms with Crippen LogP contribution in [0.2, 0.25) is 0 Å². The van der Waals surface area contributed by atoms with Gasteiger partial charge in [-0.05, 0) is 64.2 Å². The van der Waals surface area contributed by atoms with Crippen LogP contribution >= 0.6 is 0 Å². The van der Waals surface area contributed by atoms with Crippen LogP contribution in [-0.4, -0.2) is 34.9 Å². The molecule has 1 amide bonds. The number of unbranched alkanes of at least 4 members (excludes halogenated alkanes) is 35. The Morgan fingerprint density at radius 2 is 0.677 bits per heavy atom. The third-order valence-electron chi connectivity index (χ3n) is 12.9. The second kappa shape index (κ2) is 56.2. The standard InChI is InChI=1S/C61H111NO3/c1-3-5-7-9-11-13-15-17-19-21-23-25-27-29-31-33-35-37-39-41-43-45-47-49-51-53-55-57-61(65)62-59(58-63)60(64)56-54-52-50-48-46-44-42-40-38-36-34-32-30-28-26-24-22-20-18-16-14-12-10-8-6-4-2/h5,7,11,13,17,19,23,25,29,31,54,56,59-60,63-64H,3-4,6,8-10,12,14-16,18,20-22,24,26-28,30,32-53,55,57-58H2,1-2H3,(H,62,65)/b7-5-,13-11-,19-17-,25-23-,31-29-,56-54+. The molecule has 2 unspecified atom stereocenters. The van der Waals surface area contributed by atoms with Crippen molar-refractivity contribution in [2.75, 3.05) is 6.61 Å². The quantitative estimate of drug-likeness (QED) is 0.0421. The van der Waals surface area contributed by atoms with Gasteiger partial charge in [0, 0.05) is 6.42 Å². The molecule has 0 aromatic rings. The predicted octanol–water partition coefficient (Wildman–Crippen LogP) is 19.0. The molecule has 0 rings (SSSR count). The number of aliphatic hydroxyl groups is 2. The lowest BCUT2D eigenvalue weighted by Gasteiger charge is -2.20. The number of nitrogens with one attached hydrogen (secondary N) is 1. The zero-order valence-electron chi connectivity index (χ0n) is 43.5. The lowest BCUT2D eigenvalue weighted by molar-refractivity contribution is -0.123. The van der Waals surface area contributed by atoms with Crippen molar-refractivity contribution >= 4 is 5.91 Å². The van der Waals surface area contributed by atoms with E-state index in [4.69, 9.17) is 0 Å². The Labute approximate surface area is 406 Å². The van der Waals surface area contributed by atoms with Crippen LogP contribution in [0.3, 0.4) is 0 Å². The molecule has 4 heteroatoms. The molecule has 65 heavy (non-hydrogen) atoms. The Kier molecular flexibility index (Phi) is 54.3. The van der Waals surface area contributed by atoms with E-state index >= 15 is 0 Å². The van der Waals surface area contributed by atoms with Crippen LogP contribution in [0.5, 0.6) is 0 Å². The van der Waals surface area contributed by atoms with E-state index in [1.54, 1.807) is 6.08 Å². The first-order valence-corrected chi connectivity index (χ1v) is 28.7. The van der Waals surface area contributed by atoms with E-state index in [-0.39, 0.29) is 12.5 Å². The van der Waals surface area contributed by atoms with E-state index in [0.717, 1.165) is 57.8 Å². The van der Waals surface area contributed by atoms with Crippen LogP contribution < -0.4 is 5.32 Å². The van der Waals surface area contributed by atoms with Gasteiger partial charge in [-0.3, -0.25) is 4.79 Å². The smallest absolute Gasteiger partial charge is 0.220 e. The van der Waals surface area contributed by atoms with Gasteiger partial charge in [0.25, 0.3) is 0 Å². The lowest BCUT2D eigenvalue weighted by Crippen LogP contribution is -2.45. The maximum Gasteiger partial charge on any atom is 0.220 e. The molecule has 0 spiro atoms. The zero-order chi connectivity index (χ0) is 47.0. The number of amides is 1. The molecule has 0 aliphatic carbocycles. The van der Waals surface area contributed by atoms with E-state index in [0.29, 0.717) is 6.42 Å². The zero-order valence-corrected chi connectivity index (χ0v) is 43.5. The number of hydrogen-bond donors (Lipinski definition) is 3. The number of allylic oxidation sites excluding steroid dienone is 11. The fraction of sp³-hybridized carbons (Fsp3) is 0.787. The molecular formula is C61H111NO3. The van der Waals surface area contributed by atoms with Gasteiger partial charge in [-0.15, -0.1) is 0 Å². The Morgan fingerprint density at radius 3 is 1.02 bits per heavy atom. The number of hydrogen-bond acceptors (Lipinski definition) is 3. The summed E-state index contributed by atoms with van der Waals surface area (Å²) in [5.41, 5.74) is 0. The van der Waals surface area contributed by atoms with Crippen LogP contribution in [0, 0.1) is 0 Å². The summed E-state index contributed by atoms with van der Waals surface area (Å²) in [7, 11) is 0. The van der Waals surface area contributed by atoms with Gasteiger partial charge in [0.2, 0.25) is 5.91 Å². The summed E-state index contributed by atoms with van der Waals surface area (Å²) in [5.74, 6) is -0.0668. The summed E-state index contributed by atoms with van der Waals surface area (Å²) in [6.45, 7) is 4.22. The number of carbonyl (C=O) groups excluding carboxylic acids is 1. The highest BCUT2D eigenvalue weighted by Gasteiger charge is 2.18. The number of carbonyl (C=O) groups is 1. The van der Waals surface area contributed by atoms with Crippen LogP contribution in [0.4, 0.5) is 0 Å². The Hall–Kier alpha value is -2.17. The maximum absolute atomic E-state index is 12.5. The topological polar surface area (TPSA) is 69.6 Å². The Balaban J connectivity index is 3.52. The molecule has 378 valence electrons. The first-order chi connectivity index (χ1) is 32.2. The average Bonchev–Trinajstić information content (AvgIpc) is 3.31. The van der Waals surface area contributed by atoms with Crippen molar-refractivity contribution in [2.45, 2.75) is 302 Å². The van der Waals surface area contributed by atoms with E-state index in [1.807, 2.05) is 6.08 Å². The largest absolute Gasteiger partial charge is 0.394 e. The maximum atomic E-state index is 12.5. The van der Waals surface area contributed by atoms with E-state index in [2.05, 4.69) is 79.9 Å². The van der Waals surface area contributed by atoms with Gasteiger partial charge in [0.15, 0.2) is 0 Å². The molecule has 0 radical (unpaired) electrons. The van der Waals surface area contributed by atoms with Gasteiger partial charge in [-0.25, -0.2) is 0 Å². The van der Waals surface area contributed by atoms with Gasteiger partial charge in [0.05, 0.1) is 18.8 Å². The van der Waals surface area contributed by atoms with E-state index < -0.39 is 12.1 Å². The molecular weight excluding hydrogens is 795 g/mol. The third-order valence-corrected chi connectivity index (χ3v) is 12.9. The van der Waals surface area contributed by atoms with E-state index in [1.165, 1.54) is 212 Å². The lowest BCUT2D eigenvalue weighted by atomic mass is 10.0. The minimum absolute atomic E-state index is 0.0668. The first-order valence-electron chi connectivity index (χ1n) is 28.7. The third kappa shape index (κ3) is 52.7. The molecule has 2 atom stereocenters. The monoisotopic (exact) mass is 906 g/mol. The second-order valence-electron chi connectivity index (χ2n) is 19.3. The van der Waals surface area contributed by atoms with Gasteiger partial charge < -0.3 is 15.5 Å². The molecule has 0 aromatic heterocycles. The van der Waals surface area contributed by atoms with Gasteiger partial charge >= 0.3 is 0 Å². The Bertz CT molecular complexity index is 1120. The van der Waals surface area contributed by atoms with Crippen molar-refractivity contribution < 1.29 is 15.0 Å². The molecule has 0 saturated heterocycles. The highest BCUT2D eigenvalue weighted by atomic mass is 16.3. The van der Waals surface area contributed by atoms with Crippen molar-refractivity contribution in [3.8, 4) is 0 Å². The van der Waals surface area contributed by atoms with Gasteiger partial charge in [-0.1, -0.05) is 292 Å². The molecule has 0 saturated carbocycles. The minimum atomic E-state index is -0.845. The highest BCUT2D eigenvalue weighted by Crippen LogP contribution is 2.17. The number of rotatable bonds is 52. The number of aliphatic hydroxyl groups excluding tert-OH is 2. The molecule has 4 nitrogen and oxygen atoms in total. The fourth-order valence-electron chi connectivity index (χ4n) is 8.62. The predicted molar refractivity (Wildman–Crippen MR) is 290 cm³/mol. The second-order valence-corrected chi connectivity index (χ2v) is 19.3. The average molecular weight is 907 g/mol. The van der Waals surface area contributed by atoms with Gasteiger partial charge in [0.1, 0.15) is 0 Å². The molecule has 0 aliphatic heterocycles. The summed E-state index contributed by atoms with van der Waals surface area (Å²) in [4.78, 5) is 12.5. The van der Waals surface area contributed by atoms with Gasteiger partial charge in [-0.2, -0.15) is 0 Å². The summed E-state index contributed by atoms with van der Waals surface area (Å²) >= 11 is 0. The van der Waals surface area contributed by atoms with Crippen LogP contribution in [0.15, 0.2) is 72.9 Å². The van der Waals surface area contributed by atoms with Crippen molar-refractivity contribution in [1.29, 1.82) is 0 Å². The summed E-state index contributed by atoms with van der Waals surface area (Å²) in [6, 6.07) is -0.629. The summed E-state index contributed by atoms with van der Waals surface area (Å²) in [6.07, 6.45) is 80.6. The first kappa shape index (κ1) is 62.8. The molecule has 3 N–H and O–H groups in total. The SMILES string of the molecule is CC/C=C\C/C=C\C/C=C\C/C=C\C/C=C\CCCCCCCCCCCCCC(=O)NC(CO)C(O)/C=C/CCCCCCCCCCCCCCCCCCCCCCCCCC. The van der Waals surface area contributed by atoms with Crippen LogP contribution in [0.25, 0.3) is 0 Å². The molecule has 0 fully saturated rings. The van der Waals surface area contributed by atoms with Crippen molar-refractivity contribution in [1.82, 2.24) is 5.32 Å². The molecule has 0 heterocycles. The minimum Gasteiger partial charge on any atom is -0.394 e. The summed E-state index contributed by atoms with van der Waals surface area (Å²) < 4.78 is 0. The molecule has 0 aliphatic rings. The fourth-order valence-corrected chi connectivity index (χ4v) is 8.62. The highest BCUT2D eigenvalue weighted by molar-refractivity contribution is 5.76. The Morgan fingerprint density at radius 1 is 0.385 bits per heavy atom.